The van der Waals surface area contributed by atoms with Crippen LogP contribution in [-0.2, 0) is 0 Å². The maximum Gasteiger partial charge on any atom is 0.268 e. The Morgan fingerprint density at radius 2 is 2.40 bits per heavy atom. The molecule has 1 unspecified atom stereocenters. The van der Waals surface area contributed by atoms with Crippen LogP contribution in [0.3, 0.4) is 0 Å². The van der Waals surface area contributed by atoms with Crippen molar-refractivity contribution in [2.45, 2.75) is 19.4 Å². The van der Waals surface area contributed by atoms with Crippen molar-refractivity contribution < 1.29 is 4.52 Å². The van der Waals surface area contributed by atoms with E-state index < -0.39 is 0 Å². The number of nitrogens with zero attached hydrogens (tertiary/aromatic N) is 2. The maximum absolute atomic E-state index is 5.81. The van der Waals surface area contributed by atoms with Gasteiger partial charge in [0.1, 0.15) is 0 Å². The first-order valence-electron chi connectivity index (χ1n) is 4.55. The summed E-state index contributed by atoms with van der Waals surface area (Å²) in [6, 6.07) is 3.48. The zero-order valence-corrected chi connectivity index (χ0v) is 9.68. The molecule has 0 aliphatic carbocycles. The normalized spacial score (nSPS) is 13.0. The quantitative estimate of drug-likeness (QED) is 0.900. The van der Waals surface area contributed by atoms with E-state index in [1.165, 1.54) is 11.3 Å². The van der Waals surface area contributed by atoms with Gasteiger partial charge >= 0.3 is 0 Å². The van der Waals surface area contributed by atoms with Crippen LogP contribution in [-0.4, -0.2) is 10.1 Å². The monoisotopic (exact) mass is 243 g/mol. The summed E-state index contributed by atoms with van der Waals surface area (Å²) < 4.78 is 5.80. The Hall–Kier alpha value is -0.910. The van der Waals surface area contributed by atoms with Crippen LogP contribution in [0.1, 0.15) is 25.2 Å². The third-order valence-corrected chi connectivity index (χ3v) is 3.22. The van der Waals surface area contributed by atoms with Crippen molar-refractivity contribution in [1.29, 1.82) is 0 Å². The van der Waals surface area contributed by atoms with Crippen LogP contribution in [0.2, 0.25) is 4.34 Å². The Morgan fingerprint density at radius 3 is 3.00 bits per heavy atom. The van der Waals surface area contributed by atoms with Crippen LogP contribution in [0.5, 0.6) is 0 Å². The van der Waals surface area contributed by atoms with Crippen molar-refractivity contribution in [3.8, 4) is 10.8 Å². The number of rotatable bonds is 3. The zero-order chi connectivity index (χ0) is 10.8. The predicted octanol–water partition coefficient (Wildman–Crippen LogP) is 2.86. The molecule has 2 heterocycles. The van der Waals surface area contributed by atoms with E-state index in [0.717, 1.165) is 11.3 Å². The minimum atomic E-state index is -0.169. The third-order valence-electron chi connectivity index (χ3n) is 2.00. The van der Waals surface area contributed by atoms with Gasteiger partial charge in [-0.1, -0.05) is 23.7 Å². The van der Waals surface area contributed by atoms with Crippen molar-refractivity contribution in [3.63, 3.8) is 0 Å². The fourth-order valence-electron chi connectivity index (χ4n) is 1.10. The summed E-state index contributed by atoms with van der Waals surface area (Å²) in [5.41, 5.74) is 5.78. The Kier molecular flexibility index (Phi) is 3.04. The van der Waals surface area contributed by atoms with Crippen LogP contribution in [0, 0.1) is 0 Å². The summed E-state index contributed by atoms with van der Waals surface area (Å²) in [5, 5.41) is 3.83. The highest BCUT2D eigenvalue weighted by Gasteiger charge is 2.14. The molecule has 0 radical (unpaired) electrons. The molecule has 6 heteroatoms. The van der Waals surface area contributed by atoms with E-state index in [2.05, 4.69) is 10.1 Å². The van der Waals surface area contributed by atoms with Gasteiger partial charge in [-0.3, -0.25) is 0 Å². The van der Waals surface area contributed by atoms with Crippen molar-refractivity contribution in [3.05, 3.63) is 22.3 Å². The van der Waals surface area contributed by atoms with Gasteiger partial charge in [-0.2, -0.15) is 4.98 Å². The lowest BCUT2D eigenvalue weighted by molar-refractivity contribution is 0.416. The lowest BCUT2D eigenvalue weighted by Crippen LogP contribution is -2.10. The number of hydrogen-bond donors (Lipinski definition) is 1. The molecule has 80 valence electrons. The Balaban J connectivity index is 2.27. The van der Waals surface area contributed by atoms with Crippen molar-refractivity contribution >= 4 is 22.9 Å². The Morgan fingerprint density at radius 1 is 1.60 bits per heavy atom. The van der Waals surface area contributed by atoms with Gasteiger partial charge in [-0.25, -0.2) is 0 Å². The van der Waals surface area contributed by atoms with Crippen LogP contribution >= 0.6 is 22.9 Å². The minimum absolute atomic E-state index is 0.169. The topological polar surface area (TPSA) is 64.9 Å². The molecule has 0 bridgehead atoms. The smallest absolute Gasteiger partial charge is 0.268 e. The average molecular weight is 244 g/mol. The van der Waals surface area contributed by atoms with Crippen LogP contribution in [0.15, 0.2) is 16.7 Å². The summed E-state index contributed by atoms with van der Waals surface area (Å²) >= 11 is 7.21. The highest BCUT2D eigenvalue weighted by Crippen LogP contribution is 2.30. The molecule has 0 fully saturated rings. The van der Waals surface area contributed by atoms with E-state index in [1.807, 2.05) is 13.0 Å². The molecule has 4 nitrogen and oxygen atoms in total. The summed E-state index contributed by atoms with van der Waals surface area (Å²) in [5.74, 6) is 1.02. The lowest BCUT2D eigenvalue weighted by atomic mass is 10.2. The number of halogens is 1. The molecule has 0 spiro atoms. The third kappa shape index (κ3) is 2.19. The van der Waals surface area contributed by atoms with Gasteiger partial charge in [-0.05, 0) is 18.6 Å². The molecule has 2 N–H and O–H groups in total. The van der Waals surface area contributed by atoms with E-state index in [4.69, 9.17) is 21.9 Å². The standard InChI is InChI=1S/C9H10ClN3OS/c1-2-5(11)8-12-9(14-13-8)6-3-4-7(10)15-6/h3-5H,2,11H2,1H3. The predicted molar refractivity (Wildman–Crippen MR) is 59.8 cm³/mol. The van der Waals surface area contributed by atoms with E-state index in [-0.39, 0.29) is 6.04 Å². The van der Waals surface area contributed by atoms with E-state index >= 15 is 0 Å². The molecular formula is C9H10ClN3OS. The molecule has 0 amide bonds. The van der Waals surface area contributed by atoms with Gasteiger partial charge < -0.3 is 10.3 Å². The highest BCUT2D eigenvalue weighted by atomic mass is 35.5. The van der Waals surface area contributed by atoms with Gasteiger partial charge in [0.05, 0.1) is 15.3 Å². The number of hydrogen-bond acceptors (Lipinski definition) is 5. The maximum atomic E-state index is 5.81. The lowest BCUT2D eigenvalue weighted by Gasteiger charge is -1.98. The summed E-state index contributed by atoms with van der Waals surface area (Å²) in [6.07, 6.45) is 0.782. The zero-order valence-electron chi connectivity index (χ0n) is 8.11. The second-order valence-corrected chi connectivity index (χ2v) is 4.79. The second kappa shape index (κ2) is 4.30. The Bertz CT molecular complexity index is 454. The fourth-order valence-corrected chi connectivity index (χ4v) is 2.06. The van der Waals surface area contributed by atoms with Gasteiger partial charge in [0, 0.05) is 0 Å². The van der Waals surface area contributed by atoms with E-state index in [9.17, 15) is 0 Å². The molecule has 1 atom stereocenters. The molecule has 2 aromatic heterocycles. The second-order valence-electron chi connectivity index (χ2n) is 3.08. The van der Waals surface area contributed by atoms with Crippen LogP contribution < -0.4 is 5.73 Å². The van der Waals surface area contributed by atoms with Crippen LogP contribution in [0.25, 0.3) is 10.8 Å². The van der Waals surface area contributed by atoms with Gasteiger partial charge in [0.2, 0.25) is 0 Å². The molecule has 0 saturated carbocycles. The van der Waals surface area contributed by atoms with Gasteiger partial charge in [0.15, 0.2) is 5.82 Å². The first kappa shape index (κ1) is 10.6. The van der Waals surface area contributed by atoms with E-state index in [1.54, 1.807) is 6.07 Å². The van der Waals surface area contributed by atoms with Gasteiger partial charge in [0.25, 0.3) is 5.89 Å². The Labute approximate surface area is 96.1 Å². The number of thiophene rings is 1. The summed E-state index contributed by atoms with van der Waals surface area (Å²) in [7, 11) is 0. The largest absolute Gasteiger partial charge is 0.333 e. The molecule has 0 saturated heterocycles. The minimum Gasteiger partial charge on any atom is -0.333 e. The first-order valence-corrected chi connectivity index (χ1v) is 5.75. The summed E-state index contributed by atoms with van der Waals surface area (Å²) in [4.78, 5) is 5.08. The molecule has 2 aromatic rings. The molecular weight excluding hydrogens is 234 g/mol. The van der Waals surface area contributed by atoms with Crippen molar-refractivity contribution in [1.82, 2.24) is 10.1 Å². The van der Waals surface area contributed by atoms with Gasteiger partial charge in [-0.15, -0.1) is 11.3 Å². The fraction of sp³-hybridized carbons (Fsp3) is 0.333. The molecule has 0 aliphatic rings. The SMILES string of the molecule is CCC(N)c1noc(-c2ccc(Cl)s2)n1. The number of aromatic nitrogens is 2. The molecule has 15 heavy (non-hydrogen) atoms. The molecule has 2 rings (SSSR count). The molecule has 0 aromatic carbocycles. The molecule has 0 aliphatic heterocycles. The highest BCUT2D eigenvalue weighted by molar-refractivity contribution is 7.19. The summed E-state index contributed by atoms with van der Waals surface area (Å²) in [6.45, 7) is 1.97. The first-order chi connectivity index (χ1) is 7.20. The van der Waals surface area contributed by atoms with Crippen molar-refractivity contribution in [2.75, 3.05) is 0 Å². The van der Waals surface area contributed by atoms with Crippen molar-refractivity contribution in [2.24, 2.45) is 5.73 Å². The van der Waals surface area contributed by atoms with Crippen LogP contribution in [0.4, 0.5) is 0 Å². The number of nitrogens with two attached hydrogens (primary N) is 1. The van der Waals surface area contributed by atoms with E-state index in [0.29, 0.717) is 16.1 Å². The average Bonchev–Trinajstić information content (AvgIpc) is 2.84.